The highest BCUT2D eigenvalue weighted by atomic mass is 16.6. The smallest absolute Gasteiger partial charge is 0.335 e. The van der Waals surface area contributed by atoms with E-state index in [0.29, 0.717) is 42.1 Å². The van der Waals surface area contributed by atoms with E-state index in [2.05, 4.69) is 0 Å². The van der Waals surface area contributed by atoms with Gasteiger partial charge in [-0.2, -0.15) is 0 Å². The number of nitrogens with zero attached hydrogens (tertiary/aromatic N) is 2. The molecule has 0 saturated carbocycles. The number of carbonyl (C=O) groups is 2. The van der Waals surface area contributed by atoms with Gasteiger partial charge in [-0.1, -0.05) is 24.3 Å². The Hall–Kier alpha value is -3.22. The zero-order valence-electron chi connectivity index (χ0n) is 15.6. The lowest BCUT2D eigenvalue weighted by Gasteiger charge is -2.32. The summed E-state index contributed by atoms with van der Waals surface area (Å²) in [5.74, 6) is -0.814. The van der Waals surface area contributed by atoms with Gasteiger partial charge in [0, 0.05) is 30.3 Å². The number of nitro benzene ring substituents is 1. The summed E-state index contributed by atoms with van der Waals surface area (Å²) < 4.78 is 0. The highest BCUT2D eigenvalue weighted by Crippen LogP contribution is 2.27. The fraction of sp³-hybridized carbons (Fsp3) is 0.333. The van der Waals surface area contributed by atoms with Gasteiger partial charge in [0.25, 0.3) is 11.6 Å². The molecule has 0 atom stereocenters. The van der Waals surface area contributed by atoms with Crippen molar-refractivity contribution in [2.45, 2.75) is 26.2 Å². The van der Waals surface area contributed by atoms with E-state index in [4.69, 9.17) is 0 Å². The standard InChI is InChI=1S/C21H22N2O5/c1-14-17(7-4-8-19(14)23(27)28)20(24)22-11-9-15(10-12-22)13-16-5-2-3-6-18(16)21(25)26/h2-8,15H,9-13H2,1H3,(H,25,26). The number of rotatable bonds is 5. The van der Waals surface area contributed by atoms with Gasteiger partial charge < -0.3 is 10.0 Å². The predicted molar refractivity (Wildman–Crippen MR) is 104 cm³/mol. The quantitative estimate of drug-likeness (QED) is 0.628. The van der Waals surface area contributed by atoms with Crippen LogP contribution in [0.4, 0.5) is 5.69 Å². The van der Waals surface area contributed by atoms with E-state index in [1.165, 1.54) is 12.1 Å². The maximum absolute atomic E-state index is 12.8. The van der Waals surface area contributed by atoms with Gasteiger partial charge in [0.15, 0.2) is 0 Å². The van der Waals surface area contributed by atoms with Gasteiger partial charge in [-0.15, -0.1) is 0 Å². The molecule has 146 valence electrons. The summed E-state index contributed by atoms with van der Waals surface area (Å²) in [5, 5.41) is 20.4. The fourth-order valence-electron chi connectivity index (χ4n) is 3.78. The summed E-state index contributed by atoms with van der Waals surface area (Å²) in [6.45, 7) is 2.71. The lowest BCUT2D eigenvalue weighted by atomic mass is 9.88. The lowest BCUT2D eigenvalue weighted by molar-refractivity contribution is -0.385. The Labute approximate surface area is 162 Å². The van der Waals surface area contributed by atoms with Crippen LogP contribution in [0.3, 0.4) is 0 Å². The zero-order chi connectivity index (χ0) is 20.3. The number of piperidine rings is 1. The van der Waals surface area contributed by atoms with Gasteiger partial charge in [0.05, 0.1) is 10.5 Å². The maximum Gasteiger partial charge on any atom is 0.335 e. The van der Waals surface area contributed by atoms with Crippen LogP contribution in [0.15, 0.2) is 42.5 Å². The van der Waals surface area contributed by atoms with E-state index >= 15 is 0 Å². The first-order chi connectivity index (χ1) is 13.4. The molecule has 1 aliphatic heterocycles. The molecule has 0 unspecified atom stereocenters. The van der Waals surface area contributed by atoms with Crippen LogP contribution in [-0.4, -0.2) is 39.9 Å². The van der Waals surface area contributed by atoms with E-state index in [0.717, 1.165) is 18.4 Å². The summed E-state index contributed by atoms with van der Waals surface area (Å²) >= 11 is 0. The summed E-state index contributed by atoms with van der Waals surface area (Å²) in [5.41, 5.74) is 1.84. The monoisotopic (exact) mass is 382 g/mol. The Kier molecular flexibility index (Phi) is 5.73. The molecule has 28 heavy (non-hydrogen) atoms. The predicted octanol–water partition coefficient (Wildman–Crippen LogP) is 3.70. The molecule has 3 rings (SSSR count). The normalized spacial score (nSPS) is 14.7. The number of carboxylic acid groups (broad SMARTS) is 1. The number of nitro groups is 1. The molecule has 1 N–H and O–H groups in total. The van der Waals surface area contributed by atoms with Crippen LogP contribution in [0.2, 0.25) is 0 Å². The average Bonchev–Trinajstić information content (AvgIpc) is 2.68. The molecule has 2 aromatic rings. The Bertz CT molecular complexity index is 917. The minimum atomic E-state index is -0.927. The second-order valence-corrected chi connectivity index (χ2v) is 7.11. The molecular formula is C21H22N2O5. The van der Waals surface area contributed by atoms with Crippen LogP contribution in [0.25, 0.3) is 0 Å². The van der Waals surface area contributed by atoms with Gasteiger partial charge in [-0.3, -0.25) is 14.9 Å². The number of hydrogen-bond acceptors (Lipinski definition) is 4. The second kappa shape index (κ2) is 8.21. The average molecular weight is 382 g/mol. The van der Waals surface area contributed by atoms with Crippen molar-refractivity contribution in [1.82, 2.24) is 4.90 Å². The molecule has 0 aromatic heterocycles. The van der Waals surface area contributed by atoms with Crippen molar-refractivity contribution in [3.8, 4) is 0 Å². The van der Waals surface area contributed by atoms with Gasteiger partial charge in [-0.25, -0.2) is 4.79 Å². The van der Waals surface area contributed by atoms with E-state index in [1.54, 1.807) is 30.0 Å². The summed E-state index contributed by atoms with van der Waals surface area (Å²) in [6.07, 6.45) is 2.21. The molecular weight excluding hydrogens is 360 g/mol. The maximum atomic E-state index is 12.8. The largest absolute Gasteiger partial charge is 0.478 e. The first-order valence-electron chi connectivity index (χ1n) is 9.23. The third-order valence-electron chi connectivity index (χ3n) is 5.39. The number of carboxylic acids is 1. The second-order valence-electron chi connectivity index (χ2n) is 7.11. The van der Waals surface area contributed by atoms with Crippen LogP contribution in [0, 0.1) is 23.0 Å². The molecule has 1 amide bonds. The number of likely N-dealkylation sites (tertiary alicyclic amines) is 1. The summed E-state index contributed by atoms with van der Waals surface area (Å²) in [4.78, 5) is 36.6. The fourth-order valence-corrected chi connectivity index (χ4v) is 3.78. The van der Waals surface area contributed by atoms with E-state index < -0.39 is 10.9 Å². The first kappa shape index (κ1) is 19.5. The summed E-state index contributed by atoms with van der Waals surface area (Å²) in [6, 6.07) is 11.6. The Morgan fingerprint density at radius 2 is 1.75 bits per heavy atom. The van der Waals surface area contributed by atoms with Crippen LogP contribution in [-0.2, 0) is 6.42 Å². The van der Waals surface area contributed by atoms with Gasteiger partial charge in [-0.05, 0) is 49.8 Å². The van der Waals surface area contributed by atoms with Crippen molar-refractivity contribution in [1.29, 1.82) is 0 Å². The Morgan fingerprint density at radius 3 is 2.39 bits per heavy atom. The summed E-state index contributed by atoms with van der Waals surface area (Å²) in [7, 11) is 0. The SMILES string of the molecule is Cc1c(C(=O)N2CCC(Cc3ccccc3C(=O)O)CC2)cccc1[N+](=O)[O-]. The molecule has 0 spiro atoms. The minimum absolute atomic E-state index is 0.0500. The molecule has 0 bridgehead atoms. The van der Waals surface area contributed by atoms with Crippen molar-refractivity contribution in [2.75, 3.05) is 13.1 Å². The number of benzene rings is 2. The topological polar surface area (TPSA) is 101 Å². The van der Waals surface area contributed by atoms with E-state index in [9.17, 15) is 24.8 Å². The van der Waals surface area contributed by atoms with Crippen molar-refractivity contribution in [2.24, 2.45) is 5.92 Å². The third-order valence-corrected chi connectivity index (χ3v) is 5.39. The zero-order valence-corrected chi connectivity index (χ0v) is 15.6. The molecule has 1 saturated heterocycles. The van der Waals surface area contributed by atoms with Crippen molar-refractivity contribution in [3.63, 3.8) is 0 Å². The van der Waals surface area contributed by atoms with Crippen LogP contribution >= 0.6 is 0 Å². The van der Waals surface area contributed by atoms with Crippen molar-refractivity contribution >= 4 is 17.6 Å². The van der Waals surface area contributed by atoms with Crippen molar-refractivity contribution in [3.05, 3.63) is 74.8 Å². The number of amides is 1. The molecule has 0 radical (unpaired) electrons. The van der Waals surface area contributed by atoms with Crippen molar-refractivity contribution < 1.29 is 19.6 Å². The van der Waals surface area contributed by atoms with Crippen LogP contribution < -0.4 is 0 Å². The minimum Gasteiger partial charge on any atom is -0.478 e. The molecule has 1 aliphatic rings. The molecule has 1 heterocycles. The Balaban J connectivity index is 1.66. The molecule has 7 nitrogen and oxygen atoms in total. The van der Waals surface area contributed by atoms with Gasteiger partial charge >= 0.3 is 5.97 Å². The third kappa shape index (κ3) is 4.03. The van der Waals surface area contributed by atoms with Gasteiger partial charge in [0.2, 0.25) is 0 Å². The van der Waals surface area contributed by atoms with Crippen LogP contribution in [0.5, 0.6) is 0 Å². The number of aromatic carboxylic acids is 1. The molecule has 2 aromatic carbocycles. The molecule has 1 fully saturated rings. The number of hydrogen-bond donors (Lipinski definition) is 1. The Morgan fingerprint density at radius 1 is 1.11 bits per heavy atom. The molecule has 7 heteroatoms. The first-order valence-corrected chi connectivity index (χ1v) is 9.23. The lowest BCUT2D eigenvalue weighted by Crippen LogP contribution is -2.39. The number of carbonyl (C=O) groups excluding carboxylic acids is 1. The highest BCUT2D eigenvalue weighted by molar-refractivity contribution is 5.96. The molecule has 0 aliphatic carbocycles. The van der Waals surface area contributed by atoms with E-state index in [1.807, 2.05) is 12.1 Å². The highest BCUT2D eigenvalue weighted by Gasteiger charge is 2.27. The van der Waals surface area contributed by atoms with Crippen LogP contribution in [0.1, 0.15) is 44.7 Å². The van der Waals surface area contributed by atoms with E-state index in [-0.39, 0.29) is 11.6 Å². The van der Waals surface area contributed by atoms with Gasteiger partial charge in [0.1, 0.15) is 0 Å².